The van der Waals surface area contributed by atoms with Crippen molar-refractivity contribution < 1.29 is 8.84 Å². The molecule has 0 saturated carbocycles. The van der Waals surface area contributed by atoms with E-state index in [9.17, 15) is 0 Å². The van der Waals surface area contributed by atoms with Gasteiger partial charge < -0.3 is 8.84 Å². The molecule has 0 saturated heterocycles. The van der Waals surface area contributed by atoms with Gasteiger partial charge in [-0.2, -0.15) is 0 Å². The third-order valence-corrected chi connectivity index (χ3v) is 8.98. The van der Waals surface area contributed by atoms with E-state index < -0.39 is 8.32 Å². The van der Waals surface area contributed by atoms with Crippen molar-refractivity contribution in [3.63, 3.8) is 0 Å². The SMILES string of the molecule is CCCC[Si](CCCC)(CCCC)O[C@@H](C)c1ccco1. The van der Waals surface area contributed by atoms with Crippen molar-refractivity contribution in [3.8, 4) is 0 Å². The lowest BCUT2D eigenvalue weighted by Gasteiger charge is -2.34. The average molecular weight is 311 g/mol. The predicted molar refractivity (Wildman–Crippen MR) is 93.1 cm³/mol. The van der Waals surface area contributed by atoms with E-state index in [1.54, 1.807) is 6.26 Å². The van der Waals surface area contributed by atoms with E-state index in [1.807, 2.05) is 12.1 Å². The lowest BCUT2D eigenvalue weighted by atomic mass is 10.3. The molecule has 0 N–H and O–H groups in total. The first-order valence-electron chi connectivity index (χ1n) is 8.88. The Hall–Kier alpha value is -0.543. The van der Waals surface area contributed by atoms with E-state index in [4.69, 9.17) is 8.84 Å². The van der Waals surface area contributed by atoms with Gasteiger partial charge in [0.15, 0.2) is 8.32 Å². The Labute approximate surface area is 132 Å². The summed E-state index contributed by atoms with van der Waals surface area (Å²) in [5.41, 5.74) is 0. The Morgan fingerprint density at radius 3 is 1.90 bits per heavy atom. The van der Waals surface area contributed by atoms with Crippen LogP contribution in [-0.4, -0.2) is 8.32 Å². The minimum atomic E-state index is -1.64. The van der Waals surface area contributed by atoms with Crippen LogP contribution in [0.3, 0.4) is 0 Å². The van der Waals surface area contributed by atoms with Gasteiger partial charge in [-0.3, -0.25) is 0 Å². The van der Waals surface area contributed by atoms with Gasteiger partial charge >= 0.3 is 0 Å². The van der Waals surface area contributed by atoms with Crippen molar-refractivity contribution in [2.75, 3.05) is 0 Å². The van der Waals surface area contributed by atoms with E-state index >= 15 is 0 Å². The molecule has 3 heteroatoms. The van der Waals surface area contributed by atoms with Gasteiger partial charge in [0.25, 0.3) is 0 Å². The van der Waals surface area contributed by atoms with Crippen LogP contribution >= 0.6 is 0 Å². The molecule has 1 atom stereocenters. The smallest absolute Gasteiger partial charge is 0.193 e. The molecule has 21 heavy (non-hydrogen) atoms. The number of unbranched alkanes of at least 4 members (excludes halogenated alkanes) is 3. The highest BCUT2D eigenvalue weighted by atomic mass is 28.4. The zero-order valence-electron chi connectivity index (χ0n) is 14.5. The van der Waals surface area contributed by atoms with Crippen LogP contribution in [0.2, 0.25) is 18.1 Å². The largest absolute Gasteiger partial charge is 0.467 e. The summed E-state index contributed by atoms with van der Waals surface area (Å²) in [6.45, 7) is 9.02. The van der Waals surface area contributed by atoms with Crippen molar-refractivity contribution in [3.05, 3.63) is 24.2 Å². The lowest BCUT2D eigenvalue weighted by Crippen LogP contribution is -2.39. The van der Waals surface area contributed by atoms with Crippen LogP contribution in [0.5, 0.6) is 0 Å². The third-order valence-electron chi connectivity index (χ3n) is 4.33. The predicted octanol–water partition coefficient (Wildman–Crippen LogP) is 6.70. The van der Waals surface area contributed by atoms with Crippen LogP contribution in [-0.2, 0) is 4.43 Å². The summed E-state index contributed by atoms with van der Waals surface area (Å²) in [6, 6.07) is 7.95. The average Bonchev–Trinajstić information content (AvgIpc) is 3.03. The fraction of sp³-hybridized carbons (Fsp3) is 0.778. The van der Waals surface area contributed by atoms with Crippen LogP contribution in [0.4, 0.5) is 0 Å². The zero-order chi connectivity index (χ0) is 15.6. The minimum Gasteiger partial charge on any atom is -0.467 e. The summed E-state index contributed by atoms with van der Waals surface area (Å²) in [5.74, 6) is 0.983. The maximum atomic E-state index is 6.73. The van der Waals surface area contributed by atoms with Gasteiger partial charge in [-0.1, -0.05) is 59.3 Å². The molecule has 0 aliphatic heterocycles. The first-order valence-corrected chi connectivity index (χ1v) is 11.4. The van der Waals surface area contributed by atoms with Crippen molar-refractivity contribution in [2.24, 2.45) is 0 Å². The van der Waals surface area contributed by atoms with Crippen molar-refractivity contribution in [1.82, 2.24) is 0 Å². The normalized spacial score (nSPS) is 13.5. The monoisotopic (exact) mass is 310 g/mol. The number of rotatable bonds is 12. The lowest BCUT2D eigenvalue weighted by molar-refractivity contribution is 0.178. The summed E-state index contributed by atoms with van der Waals surface area (Å²) in [6.07, 6.45) is 9.60. The second-order valence-corrected chi connectivity index (χ2v) is 10.4. The molecular formula is C18H34O2Si. The first-order chi connectivity index (χ1) is 10.2. The molecule has 2 nitrogen and oxygen atoms in total. The standard InChI is InChI=1S/C18H34O2Si/c1-5-8-14-21(15-9-6-2,16-10-7-3)20-17(4)18-12-11-13-19-18/h11-13,17H,5-10,14-16H2,1-4H3/t17-/m0/s1. The highest BCUT2D eigenvalue weighted by Crippen LogP contribution is 2.34. The van der Waals surface area contributed by atoms with Crippen LogP contribution < -0.4 is 0 Å². The van der Waals surface area contributed by atoms with E-state index in [0.29, 0.717) is 0 Å². The molecule has 0 amide bonds. The van der Waals surface area contributed by atoms with Gasteiger partial charge in [-0.25, -0.2) is 0 Å². The molecule has 0 spiro atoms. The summed E-state index contributed by atoms with van der Waals surface area (Å²) in [5, 5.41) is 0. The molecule has 0 aromatic carbocycles. The van der Waals surface area contributed by atoms with Gasteiger partial charge in [0.2, 0.25) is 0 Å². The van der Waals surface area contributed by atoms with E-state index in [2.05, 4.69) is 27.7 Å². The number of hydrogen-bond donors (Lipinski definition) is 0. The summed E-state index contributed by atoms with van der Waals surface area (Å²) in [4.78, 5) is 0. The maximum absolute atomic E-state index is 6.73. The number of furan rings is 1. The Kier molecular flexibility index (Phi) is 9.01. The van der Waals surface area contributed by atoms with Crippen LogP contribution in [0.1, 0.15) is 78.1 Å². The van der Waals surface area contributed by atoms with Crippen molar-refractivity contribution >= 4 is 8.32 Å². The molecule has 0 fully saturated rings. The van der Waals surface area contributed by atoms with Gasteiger partial charge in [0.1, 0.15) is 11.9 Å². The fourth-order valence-electron chi connectivity index (χ4n) is 3.00. The zero-order valence-corrected chi connectivity index (χ0v) is 15.5. The molecule has 1 heterocycles. The van der Waals surface area contributed by atoms with Crippen LogP contribution in [0.25, 0.3) is 0 Å². The van der Waals surface area contributed by atoms with Gasteiger partial charge in [0.05, 0.1) is 6.26 Å². The fourth-order valence-corrected chi connectivity index (χ4v) is 7.97. The molecule has 0 radical (unpaired) electrons. The molecule has 0 aliphatic carbocycles. The van der Waals surface area contributed by atoms with Crippen molar-refractivity contribution in [2.45, 2.75) is 90.5 Å². The Morgan fingerprint density at radius 2 is 1.52 bits per heavy atom. The molecule has 0 unspecified atom stereocenters. The van der Waals surface area contributed by atoms with Crippen LogP contribution in [0.15, 0.2) is 22.8 Å². The first kappa shape index (κ1) is 18.5. The molecule has 0 aliphatic rings. The summed E-state index contributed by atoms with van der Waals surface area (Å²) >= 11 is 0. The van der Waals surface area contributed by atoms with E-state index in [0.717, 1.165) is 5.76 Å². The third kappa shape index (κ3) is 6.39. The molecule has 1 rings (SSSR count). The highest BCUT2D eigenvalue weighted by Gasteiger charge is 2.35. The molecule has 1 aromatic heterocycles. The van der Waals surface area contributed by atoms with E-state index in [-0.39, 0.29) is 6.10 Å². The van der Waals surface area contributed by atoms with Gasteiger partial charge in [-0.15, -0.1) is 0 Å². The molecule has 0 bridgehead atoms. The highest BCUT2D eigenvalue weighted by molar-refractivity contribution is 6.73. The second kappa shape index (κ2) is 10.2. The molecule has 122 valence electrons. The molecule has 1 aromatic rings. The Bertz CT molecular complexity index is 326. The summed E-state index contributed by atoms with van der Waals surface area (Å²) in [7, 11) is -1.64. The van der Waals surface area contributed by atoms with Gasteiger partial charge in [-0.05, 0) is 37.2 Å². The topological polar surface area (TPSA) is 22.4 Å². The van der Waals surface area contributed by atoms with E-state index in [1.165, 1.54) is 56.7 Å². The summed E-state index contributed by atoms with van der Waals surface area (Å²) < 4.78 is 12.3. The van der Waals surface area contributed by atoms with Crippen LogP contribution in [0, 0.1) is 0 Å². The van der Waals surface area contributed by atoms with Gasteiger partial charge in [0, 0.05) is 0 Å². The maximum Gasteiger partial charge on any atom is 0.193 e. The Balaban J connectivity index is 2.78. The molecular weight excluding hydrogens is 276 g/mol. The number of hydrogen-bond acceptors (Lipinski definition) is 2. The second-order valence-electron chi connectivity index (χ2n) is 6.27. The Morgan fingerprint density at radius 1 is 1.00 bits per heavy atom. The van der Waals surface area contributed by atoms with Crippen molar-refractivity contribution in [1.29, 1.82) is 0 Å². The quantitative estimate of drug-likeness (QED) is 0.401. The minimum absolute atomic E-state index is 0.109.